The van der Waals surface area contributed by atoms with Crippen molar-refractivity contribution in [3.8, 4) is 22.6 Å². The summed E-state index contributed by atoms with van der Waals surface area (Å²) in [5.41, 5.74) is 2.46. The van der Waals surface area contributed by atoms with E-state index in [1.54, 1.807) is 38.1 Å². The lowest BCUT2D eigenvalue weighted by Gasteiger charge is -2.25. The minimum absolute atomic E-state index is 0.0411. The maximum Gasteiger partial charge on any atom is 0.335 e. The van der Waals surface area contributed by atoms with E-state index >= 15 is 0 Å². The van der Waals surface area contributed by atoms with Gasteiger partial charge in [0, 0.05) is 24.5 Å². The molecule has 1 amide bonds. The van der Waals surface area contributed by atoms with Gasteiger partial charge in [-0.05, 0) is 67.1 Å². The standard InChI is InChI=1S/C37H45Cl2NO9S/c1-22(2)11-12-49-37(3,4)21-48-13-14-50-20-24-16-30(46-5)32(31(17-24)47-6)25-9-7-23(8-10-25)15-29(36(44)45)40-34(41)33-27(38)18-26(35(42)43)19-28(33)39/h7-10,16-19,22,29H,11-15,20-21H2,1-6H3,(H,40,41)(H,42,43)(H,44,45)/t29-/m1/s1. The number of thioether (sulfide) groups is 1. The van der Waals surface area contributed by atoms with Crippen molar-refractivity contribution in [3.63, 3.8) is 0 Å². The zero-order valence-electron chi connectivity index (χ0n) is 29.1. The number of carboxylic acid groups (broad SMARTS) is 2. The second kappa shape index (κ2) is 19.2. The summed E-state index contributed by atoms with van der Waals surface area (Å²) in [6.45, 7) is 10.3. The SMILES string of the molecule is COc1cc(CSCCOCC(C)(C)OCCC(C)C)cc(OC)c1-c1ccc(C[C@@H](NC(=O)c2c(Cl)cc(C(=O)O)cc2Cl)C(=O)O)cc1. The van der Waals surface area contributed by atoms with Gasteiger partial charge in [0.25, 0.3) is 5.91 Å². The first kappa shape index (κ1) is 40.9. The maximum atomic E-state index is 12.9. The molecule has 0 saturated heterocycles. The quantitative estimate of drug-likeness (QED) is 0.0977. The Morgan fingerprint density at radius 3 is 2.02 bits per heavy atom. The van der Waals surface area contributed by atoms with E-state index < -0.39 is 23.9 Å². The van der Waals surface area contributed by atoms with Crippen LogP contribution >= 0.6 is 35.0 Å². The first-order chi connectivity index (χ1) is 23.6. The molecule has 3 rings (SSSR count). The summed E-state index contributed by atoms with van der Waals surface area (Å²) in [7, 11) is 3.19. The summed E-state index contributed by atoms with van der Waals surface area (Å²) in [5.74, 6) is 0.0162. The number of ether oxygens (including phenoxy) is 4. The summed E-state index contributed by atoms with van der Waals surface area (Å²) in [4.78, 5) is 36.3. The highest BCUT2D eigenvalue weighted by Gasteiger charge is 2.25. The minimum atomic E-state index is -1.32. The number of carboxylic acids is 2. The predicted octanol–water partition coefficient (Wildman–Crippen LogP) is 7.89. The van der Waals surface area contributed by atoms with E-state index in [1.165, 1.54) is 0 Å². The van der Waals surface area contributed by atoms with Crippen LogP contribution in [-0.4, -0.2) is 79.5 Å². The van der Waals surface area contributed by atoms with Gasteiger partial charge in [-0.2, -0.15) is 11.8 Å². The van der Waals surface area contributed by atoms with E-state index in [4.69, 9.17) is 42.1 Å². The number of aliphatic carboxylic acids is 1. The molecule has 0 unspecified atom stereocenters. The van der Waals surface area contributed by atoms with E-state index in [0.29, 0.717) is 36.2 Å². The van der Waals surface area contributed by atoms with Gasteiger partial charge in [0.15, 0.2) is 0 Å². The molecule has 0 aliphatic heterocycles. The molecule has 3 N–H and O–H groups in total. The summed E-state index contributed by atoms with van der Waals surface area (Å²) in [6, 6.07) is 12.0. The average molecular weight is 751 g/mol. The van der Waals surface area contributed by atoms with Gasteiger partial charge < -0.3 is 34.5 Å². The van der Waals surface area contributed by atoms with Crippen LogP contribution in [0.5, 0.6) is 11.5 Å². The minimum Gasteiger partial charge on any atom is -0.496 e. The first-order valence-electron chi connectivity index (χ1n) is 16.0. The van der Waals surface area contributed by atoms with Gasteiger partial charge in [0.2, 0.25) is 0 Å². The number of carbonyl (C=O) groups excluding carboxylic acids is 1. The Hall–Kier alpha value is -3.48. The number of benzene rings is 3. The smallest absolute Gasteiger partial charge is 0.335 e. The molecular formula is C37H45Cl2NO9S. The Morgan fingerprint density at radius 2 is 1.50 bits per heavy atom. The van der Waals surface area contributed by atoms with Gasteiger partial charge in [0.05, 0.1) is 59.8 Å². The lowest BCUT2D eigenvalue weighted by molar-refractivity contribution is -0.139. The van der Waals surface area contributed by atoms with Crippen LogP contribution in [0, 0.1) is 5.92 Å². The molecule has 0 radical (unpaired) electrons. The van der Waals surface area contributed by atoms with Crippen LogP contribution in [0.4, 0.5) is 0 Å². The summed E-state index contributed by atoms with van der Waals surface area (Å²) in [6.07, 6.45) is 0.981. The van der Waals surface area contributed by atoms with Crippen molar-refractivity contribution in [3.05, 3.63) is 80.8 Å². The van der Waals surface area contributed by atoms with Crippen molar-refractivity contribution in [2.24, 2.45) is 5.92 Å². The molecule has 272 valence electrons. The van der Waals surface area contributed by atoms with Crippen LogP contribution in [0.25, 0.3) is 11.1 Å². The topological polar surface area (TPSA) is 141 Å². The van der Waals surface area contributed by atoms with Crippen molar-refractivity contribution in [1.29, 1.82) is 0 Å². The summed E-state index contributed by atoms with van der Waals surface area (Å²) in [5, 5.41) is 21.1. The molecule has 50 heavy (non-hydrogen) atoms. The monoisotopic (exact) mass is 749 g/mol. The third-order valence-electron chi connectivity index (χ3n) is 7.65. The highest BCUT2D eigenvalue weighted by Crippen LogP contribution is 2.40. The molecule has 0 aliphatic carbocycles. The number of halogens is 2. The van der Waals surface area contributed by atoms with Gasteiger partial charge in [-0.1, -0.05) is 61.3 Å². The molecule has 0 bridgehead atoms. The molecule has 0 heterocycles. The van der Waals surface area contributed by atoms with Gasteiger partial charge in [0.1, 0.15) is 17.5 Å². The Bertz CT molecular complexity index is 1580. The van der Waals surface area contributed by atoms with Crippen molar-refractivity contribution in [1.82, 2.24) is 5.32 Å². The summed E-state index contributed by atoms with van der Waals surface area (Å²) < 4.78 is 23.4. The molecule has 13 heteroatoms. The fourth-order valence-corrected chi connectivity index (χ4v) is 6.40. The fraction of sp³-hybridized carbons (Fsp3) is 0.432. The lowest BCUT2D eigenvalue weighted by atomic mass is 9.98. The van der Waals surface area contributed by atoms with E-state index in [-0.39, 0.29) is 33.2 Å². The Balaban J connectivity index is 1.64. The van der Waals surface area contributed by atoms with Gasteiger partial charge in [-0.15, -0.1) is 0 Å². The molecule has 3 aromatic rings. The van der Waals surface area contributed by atoms with Crippen molar-refractivity contribution >= 4 is 52.8 Å². The average Bonchev–Trinajstić information content (AvgIpc) is 3.05. The van der Waals surface area contributed by atoms with Crippen LogP contribution in [0.15, 0.2) is 48.5 Å². The molecular weight excluding hydrogens is 705 g/mol. The lowest BCUT2D eigenvalue weighted by Crippen LogP contribution is -2.42. The number of rotatable bonds is 20. The zero-order valence-corrected chi connectivity index (χ0v) is 31.5. The zero-order chi connectivity index (χ0) is 37.0. The summed E-state index contributed by atoms with van der Waals surface area (Å²) >= 11 is 14.0. The van der Waals surface area contributed by atoms with Crippen LogP contribution in [0.1, 0.15) is 66.0 Å². The molecule has 0 fully saturated rings. The normalized spacial score (nSPS) is 12.1. The number of hydrogen-bond donors (Lipinski definition) is 3. The van der Waals surface area contributed by atoms with E-state index in [0.717, 1.165) is 53.4 Å². The van der Waals surface area contributed by atoms with Crippen molar-refractivity contribution < 1.29 is 43.5 Å². The van der Waals surface area contributed by atoms with Crippen molar-refractivity contribution in [2.75, 3.05) is 39.8 Å². The first-order valence-corrected chi connectivity index (χ1v) is 18.0. The number of methoxy groups -OCH3 is 2. The van der Waals surface area contributed by atoms with Gasteiger partial charge >= 0.3 is 11.9 Å². The van der Waals surface area contributed by atoms with Crippen LogP contribution in [0.3, 0.4) is 0 Å². The third kappa shape index (κ3) is 12.1. The Kier molecular flexibility index (Phi) is 15.7. The second-order valence-electron chi connectivity index (χ2n) is 12.7. The third-order valence-corrected chi connectivity index (χ3v) is 9.23. The van der Waals surface area contributed by atoms with Crippen LogP contribution < -0.4 is 14.8 Å². The molecule has 1 atom stereocenters. The number of aromatic carboxylic acids is 1. The van der Waals surface area contributed by atoms with Crippen molar-refractivity contribution in [2.45, 2.75) is 57.9 Å². The molecule has 0 saturated carbocycles. The van der Waals surface area contributed by atoms with Gasteiger partial charge in [-0.25, -0.2) is 9.59 Å². The fourth-order valence-electron chi connectivity index (χ4n) is 4.96. The molecule has 0 spiro atoms. The molecule has 0 aromatic heterocycles. The number of carbonyl (C=O) groups is 3. The molecule has 0 aliphatic rings. The van der Waals surface area contributed by atoms with Gasteiger partial charge in [-0.3, -0.25) is 4.79 Å². The maximum absolute atomic E-state index is 12.9. The van der Waals surface area contributed by atoms with Crippen LogP contribution in [-0.2, 0) is 26.4 Å². The predicted molar refractivity (Wildman–Crippen MR) is 197 cm³/mol. The Labute approximate surface area is 307 Å². The largest absolute Gasteiger partial charge is 0.496 e. The van der Waals surface area contributed by atoms with E-state index in [1.807, 2.05) is 38.1 Å². The molecule has 3 aromatic carbocycles. The molecule has 10 nitrogen and oxygen atoms in total. The number of amides is 1. The highest BCUT2D eigenvalue weighted by molar-refractivity contribution is 7.98. The second-order valence-corrected chi connectivity index (χ2v) is 14.6. The highest BCUT2D eigenvalue weighted by atomic mass is 35.5. The van der Waals surface area contributed by atoms with Crippen LogP contribution in [0.2, 0.25) is 10.0 Å². The number of nitrogens with one attached hydrogen (secondary N) is 1. The number of hydrogen-bond acceptors (Lipinski definition) is 8. The van der Waals surface area contributed by atoms with E-state index in [2.05, 4.69) is 19.2 Å². The van der Waals surface area contributed by atoms with E-state index in [9.17, 15) is 24.6 Å². The Morgan fingerprint density at radius 1 is 0.900 bits per heavy atom.